The first kappa shape index (κ1) is 17.7. The minimum atomic E-state index is 0.0821. The number of rotatable bonds is 5. The van der Waals surface area contributed by atoms with Crippen LogP contribution in [0.15, 0.2) is 6.07 Å². The van der Waals surface area contributed by atoms with Crippen molar-refractivity contribution < 1.29 is 4.79 Å². The van der Waals surface area contributed by atoms with Gasteiger partial charge in [0.2, 0.25) is 5.91 Å². The Balaban J connectivity index is 1.95. The van der Waals surface area contributed by atoms with Crippen LogP contribution in [0.1, 0.15) is 51.0 Å². The van der Waals surface area contributed by atoms with Gasteiger partial charge in [0.1, 0.15) is 11.6 Å². The first-order chi connectivity index (χ1) is 10.9. The first-order valence-electron chi connectivity index (χ1n) is 8.50. The third kappa shape index (κ3) is 4.89. The number of piperazine rings is 1. The van der Waals surface area contributed by atoms with E-state index in [0.717, 1.165) is 49.9 Å². The number of aryl methyl sites for hydroxylation is 1. The Bertz CT molecular complexity index is 536. The fourth-order valence-corrected chi connectivity index (χ4v) is 2.69. The summed E-state index contributed by atoms with van der Waals surface area (Å²) in [7, 11) is 0. The molecule has 1 atom stereocenters. The largest absolute Gasteiger partial charge is 0.353 e. The van der Waals surface area contributed by atoms with Gasteiger partial charge in [-0.25, -0.2) is 9.97 Å². The Kier molecular flexibility index (Phi) is 5.93. The molecule has 6 nitrogen and oxygen atoms in total. The van der Waals surface area contributed by atoms with Crippen molar-refractivity contribution in [2.75, 3.05) is 31.1 Å². The summed E-state index contributed by atoms with van der Waals surface area (Å²) in [5.41, 5.74) is 6.72. The molecule has 1 aliphatic rings. The Morgan fingerprint density at radius 1 is 1.22 bits per heavy atom. The predicted octanol–water partition coefficient (Wildman–Crippen LogP) is 1.68. The molecular formula is C17H29N5O. The molecule has 2 N–H and O–H groups in total. The standard InChI is InChI=1S/C17H29N5O/c1-12(2)17-19-14(4)11-15(20-17)21-7-9-22(10-8-21)16(23)6-5-13(3)18/h11-13H,5-10,18H2,1-4H3. The number of hydrogen-bond acceptors (Lipinski definition) is 5. The van der Waals surface area contributed by atoms with Crippen molar-refractivity contribution in [3.63, 3.8) is 0 Å². The van der Waals surface area contributed by atoms with Gasteiger partial charge in [0.15, 0.2) is 0 Å². The van der Waals surface area contributed by atoms with Crippen LogP contribution in [0.2, 0.25) is 0 Å². The van der Waals surface area contributed by atoms with Crippen LogP contribution in [0.5, 0.6) is 0 Å². The van der Waals surface area contributed by atoms with Crippen LogP contribution in [0.3, 0.4) is 0 Å². The second-order valence-corrected chi connectivity index (χ2v) is 6.76. The van der Waals surface area contributed by atoms with E-state index in [1.165, 1.54) is 0 Å². The highest BCUT2D eigenvalue weighted by molar-refractivity contribution is 5.76. The van der Waals surface area contributed by atoms with Crippen LogP contribution in [-0.2, 0) is 4.79 Å². The quantitative estimate of drug-likeness (QED) is 0.894. The van der Waals surface area contributed by atoms with Crippen molar-refractivity contribution in [1.29, 1.82) is 0 Å². The second kappa shape index (κ2) is 7.73. The SMILES string of the molecule is Cc1cc(N2CCN(C(=O)CCC(C)N)CC2)nc(C(C)C)n1. The minimum absolute atomic E-state index is 0.0821. The summed E-state index contributed by atoms with van der Waals surface area (Å²) < 4.78 is 0. The van der Waals surface area contributed by atoms with Crippen LogP contribution >= 0.6 is 0 Å². The van der Waals surface area contributed by atoms with E-state index >= 15 is 0 Å². The minimum Gasteiger partial charge on any atom is -0.353 e. The fourth-order valence-electron chi connectivity index (χ4n) is 2.69. The molecule has 0 aliphatic carbocycles. The van der Waals surface area contributed by atoms with Crippen LogP contribution in [0, 0.1) is 6.92 Å². The Morgan fingerprint density at radius 3 is 2.43 bits per heavy atom. The maximum atomic E-state index is 12.2. The number of amides is 1. The Labute approximate surface area is 139 Å². The van der Waals surface area contributed by atoms with Gasteiger partial charge in [0.25, 0.3) is 0 Å². The fraction of sp³-hybridized carbons (Fsp3) is 0.706. The van der Waals surface area contributed by atoms with Gasteiger partial charge in [-0.3, -0.25) is 4.79 Å². The molecule has 1 fully saturated rings. The summed E-state index contributed by atoms with van der Waals surface area (Å²) >= 11 is 0. The van der Waals surface area contributed by atoms with Crippen molar-refractivity contribution >= 4 is 11.7 Å². The second-order valence-electron chi connectivity index (χ2n) is 6.76. The molecule has 1 aromatic rings. The van der Waals surface area contributed by atoms with Crippen molar-refractivity contribution in [2.45, 2.75) is 52.5 Å². The Hall–Kier alpha value is -1.69. The molecule has 2 heterocycles. The van der Waals surface area contributed by atoms with Gasteiger partial charge in [-0.15, -0.1) is 0 Å². The number of nitrogens with two attached hydrogens (primary N) is 1. The highest BCUT2D eigenvalue weighted by atomic mass is 16.2. The predicted molar refractivity (Wildman–Crippen MR) is 92.5 cm³/mol. The van der Waals surface area contributed by atoms with Gasteiger partial charge in [-0.1, -0.05) is 13.8 Å². The highest BCUT2D eigenvalue weighted by Gasteiger charge is 2.22. The first-order valence-corrected chi connectivity index (χ1v) is 8.50. The average Bonchev–Trinajstić information content (AvgIpc) is 2.52. The summed E-state index contributed by atoms with van der Waals surface area (Å²) in [5, 5.41) is 0. The smallest absolute Gasteiger partial charge is 0.222 e. The number of anilines is 1. The molecule has 1 unspecified atom stereocenters. The lowest BCUT2D eigenvalue weighted by Crippen LogP contribution is -2.49. The lowest BCUT2D eigenvalue weighted by molar-refractivity contribution is -0.131. The summed E-state index contributed by atoms with van der Waals surface area (Å²) in [4.78, 5) is 25.5. The molecule has 23 heavy (non-hydrogen) atoms. The van der Waals surface area contributed by atoms with Gasteiger partial charge < -0.3 is 15.5 Å². The molecular weight excluding hydrogens is 290 g/mol. The van der Waals surface area contributed by atoms with E-state index in [1.54, 1.807) is 0 Å². The van der Waals surface area contributed by atoms with E-state index in [2.05, 4.69) is 28.7 Å². The monoisotopic (exact) mass is 319 g/mol. The molecule has 0 saturated carbocycles. The van der Waals surface area contributed by atoms with Crippen LogP contribution in [-0.4, -0.2) is 53.0 Å². The third-order valence-electron chi connectivity index (χ3n) is 4.14. The summed E-state index contributed by atoms with van der Waals surface area (Å²) in [6.07, 6.45) is 1.30. The van der Waals surface area contributed by atoms with Gasteiger partial charge in [0.05, 0.1) is 0 Å². The maximum Gasteiger partial charge on any atom is 0.222 e. The zero-order valence-corrected chi connectivity index (χ0v) is 14.7. The van der Waals surface area contributed by atoms with Crippen LogP contribution in [0.4, 0.5) is 5.82 Å². The van der Waals surface area contributed by atoms with E-state index in [4.69, 9.17) is 5.73 Å². The number of carbonyl (C=O) groups is 1. The zero-order chi connectivity index (χ0) is 17.0. The van der Waals surface area contributed by atoms with Gasteiger partial charge >= 0.3 is 0 Å². The maximum absolute atomic E-state index is 12.2. The van der Waals surface area contributed by atoms with Crippen LogP contribution in [0.25, 0.3) is 0 Å². The molecule has 0 radical (unpaired) electrons. The van der Waals surface area contributed by atoms with Crippen molar-refractivity contribution in [1.82, 2.24) is 14.9 Å². The number of carbonyl (C=O) groups excluding carboxylic acids is 1. The van der Waals surface area contributed by atoms with E-state index in [0.29, 0.717) is 12.3 Å². The van der Waals surface area contributed by atoms with Gasteiger partial charge in [-0.05, 0) is 20.3 Å². The van der Waals surface area contributed by atoms with E-state index in [1.807, 2.05) is 24.8 Å². The third-order valence-corrected chi connectivity index (χ3v) is 4.14. The Morgan fingerprint density at radius 2 is 1.87 bits per heavy atom. The molecule has 1 amide bonds. The highest BCUT2D eigenvalue weighted by Crippen LogP contribution is 2.19. The molecule has 1 aromatic heterocycles. The number of aromatic nitrogens is 2. The molecule has 0 spiro atoms. The van der Waals surface area contributed by atoms with E-state index in [9.17, 15) is 4.79 Å². The molecule has 1 saturated heterocycles. The van der Waals surface area contributed by atoms with Gasteiger partial charge in [-0.2, -0.15) is 0 Å². The van der Waals surface area contributed by atoms with Crippen molar-refractivity contribution in [3.8, 4) is 0 Å². The van der Waals surface area contributed by atoms with Crippen LogP contribution < -0.4 is 10.6 Å². The van der Waals surface area contributed by atoms with Crippen molar-refractivity contribution in [3.05, 3.63) is 17.6 Å². The molecule has 2 rings (SSSR count). The number of hydrogen-bond donors (Lipinski definition) is 1. The zero-order valence-electron chi connectivity index (χ0n) is 14.7. The summed E-state index contributed by atoms with van der Waals surface area (Å²) in [6.45, 7) is 11.3. The van der Waals surface area contributed by atoms with Crippen molar-refractivity contribution in [2.24, 2.45) is 5.73 Å². The molecule has 6 heteroatoms. The number of nitrogens with zero attached hydrogens (tertiary/aromatic N) is 4. The lowest BCUT2D eigenvalue weighted by Gasteiger charge is -2.35. The summed E-state index contributed by atoms with van der Waals surface area (Å²) in [6, 6.07) is 2.11. The molecule has 1 aliphatic heterocycles. The summed E-state index contributed by atoms with van der Waals surface area (Å²) in [5.74, 6) is 2.39. The van der Waals surface area contributed by atoms with E-state index in [-0.39, 0.29) is 11.9 Å². The topological polar surface area (TPSA) is 75.3 Å². The van der Waals surface area contributed by atoms with Gasteiger partial charge in [0, 0.05) is 56.3 Å². The average molecular weight is 319 g/mol. The molecule has 0 aromatic carbocycles. The lowest BCUT2D eigenvalue weighted by atomic mass is 10.1. The molecule has 128 valence electrons. The normalized spacial score (nSPS) is 16.8. The molecule has 0 bridgehead atoms. The van der Waals surface area contributed by atoms with E-state index < -0.39 is 0 Å².